The van der Waals surface area contributed by atoms with Gasteiger partial charge in [-0.25, -0.2) is 4.57 Å². The summed E-state index contributed by atoms with van der Waals surface area (Å²) in [5.41, 5.74) is -1.17. The lowest BCUT2D eigenvalue weighted by molar-refractivity contribution is 0.00578. The quantitative estimate of drug-likeness (QED) is 0.601. The Morgan fingerprint density at radius 1 is 1.08 bits per heavy atom. The molecule has 0 aromatic rings. The molecule has 0 aromatic carbocycles. The molecular formula is C7H15O4P. The predicted octanol–water partition coefficient (Wildman–Crippen LogP) is 2.34. The van der Waals surface area contributed by atoms with Gasteiger partial charge in [-0.3, -0.25) is 13.6 Å². The molecule has 5 heteroatoms. The van der Waals surface area contributed by atoms with E-state index >= 15 is 0 Å². The second-order valence-corrected chi connectivity index (χ2v) is 5.46. The van der Waals surface area contributed by atoms with Crippen LogP contribution in [0.3, 0.4) is 0 Å². The molecule has 1 heterocycles. The molecule has 0 bridgehead atoms. The molecule has 1 aliphatic heterocycles. The molecule has 12 heavy (non-hydrogen) atoms. The Bertz CT molecular complexity index is 214. The maximum absolute atomic E-state index is 11.5. The predicted molar refractivity (Wildman–Crippen MR) is 44.9 cm³/mol. The van der Waals surface area contributed by atoms with Gasteiger partial charge in [-0.15, -0.1) is 0 Å². The van der Waals surface area contributed by atoms with Crippen LogP contribution >= 0.6 is 7.82 Å². The zero-order valence-electron chi connectivity index (χ0n) is 8.08. The molecule has 72 valence electrons. The first-order valence-corrected chi connectivity index (χ1v) is 5.26. The average molecular weight is 194 g/mol. The fourth-order valence-corrected chi connectivity index (χ4v) is 2.62. The summed E-state index contributed by atoms with van der Waals surface area (Å²) in [7, 11) is -1.98. The van der Waals surface area contributed by atoms with E-state index in [1.165, 1.54) is 7.11 Å². The van der Waals surface area contributed by atoms with Gasteiger partial charge in [0.25, 0.3) is 0 Å². The highest BCUT2D eigenvalue weighted by molar-refractivity contribution is 7.48. The van der Waals surface area contributed by atoms with Gasteiger partial charge in [-0.05, 0) is 27.7 Å². The van der Waals surface area contributed by atoms with Crippen LogP contribution in [0.25, 0.3) is 0 Å². The summed E-state index contributed by atoms with van der Waals surface area (Å²) in [5, 5.41) is 0. The maximum Gasteiger partial charge on any atom is 0.475 e. The Morgan fingerprint density at radius 2 is 1.42 bits per heavy atom. The Hall–Kier alpha value is 0.110. The van der Waals surface area contributed by atoms with Gasteiger partial charge in [0.1, 0.15) is 11.2 Å². The molecule has 0 spiro atoms. The van der Waals surface area contributed by atoms with Gasteiger partial charge >= 0.3 is 7.82 Å². The summed E-state index contributed by atoms with van der Waals surface area (Å²) >= 11 is 0. The number of phosphoric acid groups is 1. The van der Waals surface area contributed by atoms with Gasteiger partial charge in [-0.1, -0.05) is 0 Å². The van der Waals surface area contributed by atoms with Crippen molar-refractivity contribution in [1.29, 1.82) is 0 Å². The first-order valence-electron chi connectivity index (χ1n) is 3.80. The Kier molecular flexibility index (Phi) is 2.16. The standard InChI is InChI=1S/C7H15O4P/c1-6(2)7(3,4)11-12(8,9-5)10-6/h1-5H3. The fraction of sp³-hybridized carbons (Fsp3) is 1.00. The molecule has 0 aliphatic carbocycles. The molecule has 1 saturated heterocycles. The van der Waals surface area contributed by atoms with Crippen molar-refractivity contribution in [2.45, 2.75) is 38.9 Å². The van der Waals surface area contributed by atoms with Crippen LogP contribution in [0.15, 0.2) is 0 Å². The summed E-state index contributed by atoms with van der Waals surface area (Å²) in [6, 6.07) is 0. The third kappa shape index (κ3) is 1.44. The van der Waals surface area contributed by atoms with E-state index in [9.17, 15) is 4.57 Å². The van der Waals surface area contributed by atoms with Crippen LogP contribution in [0.2, 0.25) is 0 Å². The highest BCUT2D eigenvalue weighted by Crippen LogP contribution is 2.63. The molecule has 0 radical (unpaired) electrons. The summed E-state index contributed by atoms with van der Waals surface area (Å²) in [6.45, 7) is 7.30. The van der Waals surface area contributed by atoms with Crippen LogP contribution in [0, 0.1) is 0 Å². The summed E-state index contributed by atoms with van der Waals surface area (Å²) in [5.74, 6) is 0. The molecule has 0 saturated carbocycles. The zero-order valence-corrected chi connectivity index (χ0v) is 8.97. The molecule has 0 aromatic heterocycles. The van der Waals surface area contributed by atoms with Crippen LogP contribution in [0.5, 0.6) is 0 Å². The topological polar surface area (TPSA) is 44.8 Å². The largest absolute Gasteiger partial charge is 0.475 e. The van der Waals surface area contributed by atoms with Gasteiger partial charge in [-0.2, -0.15) is 0 Å². The zero-order chi connectivity index (χ0) is 9.62. The second-order valence-electron chi connectivity index (χ2n) is 3.83. The smallest absolute Gasteiger partial charge is 0.290 e. The van der Waals surface area contributed by atoms with Gasteiger partial charge < -0.3 is 0 Å². The van der Waals surface area contributed by atoms with Crippen molar-refractivity contribution < 1.29 is 18.1 Å². The van der Waals surface area contributed by atoms with E-state index in [4.69, 9.17) is 9.05 Å². The Morgan fingerprint density at radius 3 is 1.58 bits per heavy atom. The average Bonchev–Trinajstić information content (AvgIpc) is 1.99. The van der Waals surface area contributed by atoms with Gasteiger partial charge in [0, 0.05) is 7.11 Å². The second kappa shape index (κ2) is 2.55. The van der Waals surface area contributed by atoms with Crippen LogP contribution in [0.4, 0.5) is 0 Å². The lowest BCUT2D eigenvalue weighted by Crippen LogP contribution is -2.41. The minimum Gasteiger partial charge on any atom is -0.290 e. The lowest BCUT2D eigenvalue weighted by Gasteiger charge is -2.28. The Labute approximate surface area is 72.8 Å². The maximum atomic E-state index is 11.5. The van der Waals surface area contributed by atoms with E-state index in [1.807, 2.05) is 27.7 Å². The third-order valence-corrected chi connectivity index (χ3v) is 4.16. The molecule has 4 nitrogen and oxygen atoms in total. The number of phosphoric ester groups is 1. The summed E-state index contributed by atoms with van der Waals surface area (Å²) in [6.07, 6.45) is 0. The van der Waals surface area contributed by atoms with Gasteiger partial charge in [0.15, 0.2) is 0 Å². The van der Waals surface area contributed by atoms with Crippen molar-refractivity contribution in [3.05, 3.63) is 0 Å². The molecule has 1 aliphatic rings. The van der Waals surface area contributed by atoms with Crippen LogP contribution in [-0.4, -0.2) is 18.3 Å². The van der Waals surface area contributed by atoms with Crippen LogP contribution in [-0.2, 0) is 18.1 Å². The number of rotatable bonds is 1. The van der Waals surface area contributed by atoms with E-state index in [0.717, 1.165) is 0 Å². The molecule has 0 unspecified atom stereocenters. The molecular weight excluding hydrogens is 179 g/mol. The van der Waals surface area contributed by atoms with E-state index in [2.05, 4.69) is 4.52 Å². The monoisotopic (exact) mass is 194 g/mol. The summed E-state index contributed by atoms with van der Waals surface area (Å²) in [4.78, 5) is 0. The number of hydrogen-bond donors (Lipinski definition) is 0. The first-order chi connectivity index (χ1) is 5.22. The minimum atomic E-state index is -3.29. The van der Waals surface area contributed by atoms with E-state index in [-0.39, 0.29) is 0 Å². The van der Waals surface area contributed by atoms with E-state index in [0.29, 0.717) is 0 Å². The van der Waals surface area contributed by atoms with Crippen molar-refractivity contribution in [3.63, 3.8) is 0 Å². The van der Waals surface area contributed by atoms with Crippen molar-refractivity contribution >= 4 is 7.82 Å². The molecule has 1 rings (SSSR count). The van der Waals surface area contributed by atoms with Crippen LogP contribution in [0.1, 0.15) is 27.7 Å². The lowest BCUT2D eigenvalue weighted by atomic mass is 9.90. The normalized spacial score (nSPS) is 30.4. The molecule has 0 N–H and O–H groups in total. The number of hydrogen-bond acceptors (Lipinski definition) is 4. The van der Waals surface area contributed by atoms with Gasteiger partial charge in [0.05, 0.1) is 0 Å². The van der Waals surface area contributed by atoms with E-state index in [1.54, 1.807) is 0 Å². The fourth-order valence-electron chi connectivity index (χ4n) is 0.872. The molecule has 0 amide bonds. The minimum absolute atomic E-state index is 0.585. The third-order valence-electron chi connectivity index (χ3n) is 2.35. The van der Waals surface area contributed by atoms with Crippen molar-refractivity contribution in [1.82, 2.24) is 0 Å². The van der Waals surface area contributed by atoms with E-state index < -0.39 is 19.0 Å². The van der Waals surface area contributed by atoms with Crippen LogP contribution < -0.4 is 0 Å². The SMILES string of the molecule is COP1(=O)OC(C)(C)C(C)(C)O1. The summed E-state index contributed by atoms with van der Waals surface area (Å²) < 4.78 is 26.7. The van der Waals surface area contributed by atoms with Crippen molar-refractivity contribution in [2.24, 2.45) is 0 Å². The highest BCUT2D eigenvalue weighted by atomic mass is 31.2. The Balaban J connectivity index is 2.96. The highest BCUT2D eigenvalue weighted by Gasteiger charge is 2.56. The van der Waals surface area contributed by atoms with Crippen molar-refractivity contribution in [3.8, 4) is 0 Å². The first kappa shape index (κ1) is 10.2. The van der Waals surface area contributed by atoms with Gasteiger partial charge in [0.2, 0.25) is 0 Å². The molecule has 0 atom stereocenters. The molecule has 1 fully saturated rings. The van der Waals surface area contributed by atoms with Crippen molar-refractivity contribution in [2.75, 3.05) is 7.11 Å².